The maximum absolute atomic E-state index is 12.8. The van der Waals surface area contributed by atoms with Crippen LogP contribution in [0.15, 0.2) is 0 Å². The Morgan fingerprint density at radius 2 is 1.75 bits per heavy atom. The molecular weight excluding hydrogens is 278 g/mol. The monoisotopic (exact) mass is 305 g/mol. The summed E-state index contributed by atoms with van der Waals surface area (Å²) in [6.45, 7) is 2.12. The van der Waals surface area contributed by atoms with Gasteiger partial charge in [-0.25, -0.2) is 0 Å². The van der Waals surface area contributed by atoms with E-state index < -0.39 is 16.3 Å². The lowest BCUT2D eigenvalue weighted by molar-refractivity contribution is 0.187. The molecule has 0 radical (unpaired) electrons. The molecule has 0 saturated carbocycles. The second-order valence-corrected chi connectivity index (χ2v) is 8.08. The lowest BCUT2D eigenvalue weighted by atomic mass is 10.2. The minimum atomic E-state index is -3.43. The van der Waals surface area contributed by atoms with Crippen LogP contribution in [0.4, 0.5) is 0 Å². The topological polar surface area (TPSA) is 64.1 Å². The van der Waals surface area contributed by atoms with Crippen LogP contribution in [0.2, 0.25) is 0 Å². The number of likely N-dealkylation sites (N-methyl/N-ethyl adjacent to an activating group) is 1. The molecule has 1 N–H and O–H groups in total. The zero-order valence-corrected chi connectivity index (χ0v) is 13.3. The molecule has 2 fully saturated rings. The van der Waals surface area contributed by atoms with Crippen LogP contribution in [0.25, 0.3) is 0 Å². The first kappa shape index (κ1) is 16.2. The molecule has 2 heterocycles. The molecular formula is C13H27N3O3S. The minimum absolute atomic E-state index is 0.117. The molecule has 0 spiro atoms. The Morgan fingerprint density at radius 1 is 1.15 bits per heavy atom. The Balaban J connectivity index is 2.13. The summed E-state index contributed by atoms with van der Waals surface area (Å²) in [5.74, 6) is 0. The summed E-state index contributed by atoms with van der Waals surface area (Å²) in [7, 11) is 0.431. The molecule has 0 aliphatic carbocycles. The van der Waals surface area contributed by atoms with E-state index >= 15 is 0 Å². The van der Waals surface area contributed by atoms with E-state index in [-0.39, 0.29) is 12.6 Å². The summed E-state index contributed by atoms with van der Waals surface area (Å²) >= 11 is 0. The van der Waals surface area contributed by atoms with E-state index in [1.54, 1.807) is 4.31 Å². The van der Waals surface area contributed by atoms with Crippen molar-refractivity contribution in [3.8, 4) is 0 Å². The molecule has 20 heavy (non-hydrogen) atoms. The van der Waals surface area contributed by atoms with Gasteiger partial charge in [-0.15, -0.1) is 0 Å². The lowest BCUT2D eigenvalue weighted by Crippen LogP contribution is -2.49. The van der Waals surface area contributed by atoms with Crippen LogP contribution in [-0.4, -0.2) is 79.5 Å². The summed E-state index contributed by atoms with van der Waals surface area (Å²) in [5.41, 5.74) is 0. The van der Waals surface area contributed by atoms with Gasteiger partial charge in [-0.1, -0.05) is 12.8 Å². The van der Waals surface area contributed by atoms with E-state index in [1.165, 1.54) is 4.31 Å². The molecule has 0 aromatic rings. The van der Waals surface area contributed by atoms with Crippen LogP contribution in [-0.2, 0) is 10.2 Å². The normalized spacial score (nSPS) is 30.8. The van der Waals surface area contributed by atoms with Crippen LogP contribution in [0.5, 0.6) is 0 Å². The van der Waals surface area contributed by atoms with E-state index in [4.69, 9.17) is 0 Å². The van der Waals surface area contributed by atoms with E-state index in [0.717, 1.165) is 25.7 Å². The molecule has 0 aromatic carbocycles. The maximum Gasteiger partial charge on any atom is 0.282 e. The zero-order chi connectivity index (χ0) is 14.8. The van der Waals surface area contributed by atoms with Gasteiger partial charge in [-0.2, -0.15) is 17.0 Å². The van der Waals surface area contributed by atoms with Gasteiger partial charge in [0.2, 0.25) is 0 Å². The average Bonchev–Trinajstić information content (AvgIpc) is 2.59. The number of β-amino-alcohol motifs (C(OH)–C–C–N with tert-alkyl or cyclic N) is 1. The summed E-state index contributed by atoms with van der Waals surface area (Å²) in [6.07, 6.45) is 4.08. The fourth-order valence-corrected chi connectivity index (χ4v) is 5.06. The average molecular weight is 305 g/mol. The lowest BCUT2D eigenvalue weighted by Gasteiger charge is -2.31. The highest BCUT2D eigenvalue weighted by Gasteiger charge is 2.41. The zero-order valence-electron chi connectivity index (χ0n) is 12.5. The number of hydrogen-bond donors (Lipinski definition) is 1. The molecule has 7 heteroatoms. The Bertz CT molecular complexity index is 405. The molecule has 2 unspecified atom stereocenters. The highest BCUT2D eigenvalue weighted by Crippen LogP contribution is 2.25. The van der Waals surface area contributed by atoms with E-state index in [9.17, 15) is 13.5 Å². The Labute approximate surface area is 122 Å². The largest absolute Gasteiger partial charge is 0.392 e. The quantitative estimate of drug-likeness (QED) is 0.800. The summed E-state index contributed by atoms with van der Waals surface area (Å²) in [5, 5.41) is 9.86. The van der Waals surface area contributed by atoms with Crippen molar-refractivity contribution in [3.63, 3.8) is 0 Å². The summed E-state index contributed by atoms with van der Waals surface area (Å²) in [6, 6.07) is -0.117. The highest BCUT2D eigenvalue weighted by atomic mass is 32.2. The summed E-state index contributed by atoms with van der Waals surface area (Å²) < 4.78 is 28.7. The van der Waals surface area contributed by atoms with Crippen molar-refractivity contribution in [1.29, 1.82) is 0 Å². The van der Waals surface area contributed by atoms with Gasteiger partial charge in [0.15, 0.2) is 0 Å². The van der Waals surface area contributed by atoms with Gasteiger partial charge in [0.25, 0.3) is 10.2 Å². The fraction of sp³-hybridized carbons (Fsp3) is 1.00. The van der Waals surface area contributed by atoms with Gasteiger partial charge in [0, 0.05) is 32.2 Å². The maximum atomic E-state index is 12.8. The van der Waals surface area contributed by atoms with Crippen molar-refractivity contribution in [2.75, 3.05) is 40.3 Å². The molecule has 0 bridgehead atoms. The second-order valence-electron chi connectivity index (χ2n) is 6.20. The van der Waals surface area contributed by atoms with Gasteiger partial charge in [0.05, 0.1) is 6.10 Å². The standard InChI is InChI=1S/C13H27N3O3S/c1-14(2)10-12-9-13(17)11-16(12)20(18,19)15-7-5-3-4-6-8-15/h12-13,17H,3-11H2,1-2H3. The van der Waals surface area contributed by atoms with Crippen molar-refractivity contribution < 1.29 is 13.5 Å². The van der Waals surface area contributed by atoms with Gasteiger partial charge in [0.1, 0.15) is 0 Å². The Hall–Kier alpha value is -0.210. The molecule has 2 rings (SSSR count). The molecule has 0 amide bonds. The smallest absolute Gasteiger partial charge is 0.282 e. The number of rotatable bonds is 4. The first-order valence-electron chi connectivity index (χ1n) is 7.51. The third-order valence-electron chi connectivity index (χ3n) is 4.11. The van der Waals surface area contributed by atoms with Crippen molar-refractivity contribution >= 4 is 10.2 Å². The number of aliphatic hydroxyl groups excluding tert-OH is 1. The van der Waals surface area contributed by atoms with Crippen LogP contribution in [0.3, 0.4) is 0 Å². The Morgan fingerprint density at radius 3 is 2.30 bits per heavy atom. The first-order valence-corrected chi connectivity index (χ1v) is 8.90. The molecule has 2 atom stereocenters. The second kappa shape index (κ2) is 6.70. The number of nitrogens with zero attached hydrogens (tertiary/aromatic N) is 3. The van der Waals surface area contributed by atoms with Gasteiger partial charge in [-0.05, 0) is 33.4 Å². The summed E-state index contributed by atoms with van der Waals surface area (Å²) in [4.78, 5) is 1.98. The van der Waals surface area contributed by atoms with E-state index in [2.05, 4.69) is 0 Å². The van der Waals surface area contributed by atoms with Crippen molar-refractivity contribution in [2.24, 2.45) is 0 Å². The first-order chi connectivity index (χ1) is 9.41. The predicted octanol–water partition coefficient (Wildman–Crippen LogP) is 0.104. The number of hydrogen-bond acceptors (Lipinski definition) is 4. The van der Waals surface area contributed by atoms with E-state index in [0.29, 0.717) is 26.1 Å². The third-order valence-corrected chi connectivity index (χ3v) is 6.16. The predicted molar refractivity (Wildman–Crippen MR) is 78.6 cm³/mol. The fourth-order valence-electron chi connectivity index (χ4n) is 3.15. The molecule has 2 saturated heterocycles. The molecule has 118 valence electrons. The van der Waals surface area contributed by atoms with Crippen LogP contribution >= 0.6 is 0 Å². The van der Waals surface area contributed by atoms with Gasteiger partial charge in [-0.3, -0.25) is 0 Å². The SMILES string of the molecule is CN(C)CC1CC(O)CN1S(=O)(=O)N1CCCCCC1. The third kappa shape index (κ3) is 3.71. The highest BCUT2D eigenvalue weighted by molar-refractivity contribution is 7.86. The van der Waals surface area contributed by atoms with Crippen LogP contribution in [0.1, 0.15) is 32.1 Å². The van der Waals surface area contributed by atoms with Crippen molar-refractivity contribution in [3.05, 3.63) is 0 Å². The van der Waals surface area contributed by atoms with E-state index in [1.807, 2.05) is 19.0 Å². The van der Waals surface area contributed by atoms with Crippen LogP contribution < -0.4 is 0 Å². The molecule has 6 nitrogen and oxygen atoms in total. The minimum Gasteiger partial charge on any atom is -0.392 e. The van der Waals surface area contributed by atoms with Gasteiger partial charge < -0.3 is 10.0 Å². The Kier molecular flexibility index (Phi) is 5.42. The molecule has 2 aliphatic heterocycles. The number of aliphatic hydroxyl groups is 1. The van der Waals surface area contributed by atoms with Crippen molar-refractivity contribution in [2.45, 2.75) is 44.2 Å². The molecule has 0 aromatic heterocycles. The van der Waals surface area contributed by atoms with Crippen LogP contribution in [0, 0.1) is 0 Å². The molecule has 2 aliphatic rings. The van der Waals surface area contributed by atoms with Gasteiger partial charge >= 0.3 is 0 Å². The van der Waals surface area contributed by atoms with Crippen molar-refractivity contribution in [1.82, 2.24) is 13.5 Å².